The van der Waals surface area contributed by atoms with Gasteiger partial charge in [-0.3, -0.25) is 0 Å². The van der Waals surface area contributed by atoms with Crippen LogP contribution in [0.3, 0.4) is 0 Å². The first-order valence-corrected chi connectivity index (χ1v) is 6.93. The molecule has 8 heteroatoms. The van der Waals surface area contributed by atoms with Crippen LogP contribution < -0.4 is 0 Å². The summed E-state index contributed by atoms with van der Waals surface area (Å²) >= 11 is 0. The van der Waals surface area contributed by atoms with Crippen LogP contribution in [0.15, 0.2) is 0 Å². The highest BCUT2D eigenvalue weighted by Crippen LogP contribution is 2.15. The first-order chi connectivity index (χ1) is 5.79. The molecule has 0 bridgehead atoms. The second-order valence-corrected chi connectivity index (χ2v) is 6.33. The smallest absolute Gasteiger partial charge is 0.245 e. The Hall–Kier alpha value is -0.180. The molecule has 1 unspecified atom stereocenters. The minimum absolute atomic E-state index is 0.0994. The molecule has 0 saturated carbocycles. The Labute approximate surface area is 77.1 Å². The van der Waals surface area contributed by atoms with E-state index >= 15 is 0 Å². The van der Waals surface area contributed by atoms with Crippen LogP contribution in [0.2, 0.25) is 0 Å². The molecule has 1 saturated heterocycles. The molecule has 0 aromatic carbocycles. The van der Waals surface area contributed by atoms with E-state index in [4.69, 9.17) is 0 Å². The average molecular weight is 230 g/mol. The van der Waals surface area contributed by atoms with Crippen molar-refractivity contribution in [1.29, 1.82) is 0 Å². The molecule has 6 nitrogen and oxygen atoms in total. The second-order valence-electron chi connectivity index (χ2n) is 2.83. The second kappa shape index (κ2) is 3.52. The van der Waals surface area contributed by atoms with Crippen LogP contribution in [0, 0.1) is 0 Å². The van der Waals surface area contributed by atoms with Crippen molar-refractivity contribution in [3.63, 3.8) is 0 Å². The Morgan fingerprint density at radius 3 is 2.46 bits per heavy atom. The Kier molecular flexibility index (Phi) is 2.95. The first kappa shape index (κ1) is 10.9. The highest BCUT2D eigenvalue weighted by Gasteiger charge is 2.30. The number of rotatable bonds is 3. The Morgan fingerprint density at radius 1 is 1.46 bits per heavy atom. The van der Waals surface area contributed by atoms with Gasteiger partial charge in [0.15, 0.2) is 0 Å². The summed E-state index contributed by atoms with van der Waals surface area (Å²) in [5.74, 6) is -0.101. The lowest BCUT2D eigenvalue weighted by molar-refractivity contribution is 0.231. The maximum Gasteiger partial charge on any atom is 0.400 e. The van der Waals surface area contributed by atoms with Gasteiger partial charge in [0.2, 0.25) is 0 Å². The van der Waals surface area contributed by atoms with Gasteiger partial charge in [0.25, 0.3) is 0 Å². The molecule has 0 spiro atoms. The third-order valence-electron chi connectivity index (χ3n) is 1.46. The molecule has 0 radical (unpaired) electrons. The van der Waals surface area contributed by atoms with Gasteiger partial charge in [-0.25, -0.2) is 16.8 Å². The third-order valence-corrected chi connectivity index (χ3v) is 3.37. The van der Waals surface area contributed by atoms with E-state index in [-0.39, 0.29) is 18.8 Å². The summed E-state index contributed by atoms with van der Waals surface area (Å²) in [6.07, 6.45) is 0.551. The van der Waals surface area contributed by atoms with Crippen molar-refractivity contribution in [3.8, 4) is 0 Å². The molecule has 1 heterocycles. The summed E-state index contributed by atoms with van der Waals surface area (Å²) in [6.45, 7) is -0.0994. The molecular weight excluding hydrogens is 220 g/mol. The van der Waals surface area contributed by atoms with E-state index in [2.05, 4.69) is 8.37 Å². The number of hydrogen-bond donors (Lipinski definition) is 0. The van der Waals surface area contributed by atoms with Gasteiger partial charge in [-0.15, -0.1) is 0 Å². The monoisotopic (exact) mass is 230 g/mol. The normalized spacial score (nSPS) is 27.6. The van der Waals surface area contributed by atoms with E-state index in [0.717, 1.165) is 6.26 Å². The van der Waals surface area contributed by atoms with Gasteiger partial charge in [0.1, 0.15) is 15.9 Å². The van der Waals surface area contributed by atoms with Crippen molar-refractivity contribution in [2.75, 3.05) is 18.6 Å². The molecule has 0 aromatic rings. The molecule has 1 rings (SSSR count). The van der Waals surface area contributed by atoms with Gasteiger partial charge in [-0.05, 0) is 6.42 Å². The average Bonchev–Trinajstić information content (AvgIpc) is 2.24. The van der Waals surface area contributed by atoms with Crippen LogP contribution in [0.5, 0.6) is 0 Å². The largest absolute Gasteiger partial charge is 0.400 e. The van der Waals surface area contributed by atoms with Gasteiger partial charge in [-0.1, -0.05) is 0 Å². The molecule has 1 fully saturated rings. The van der Waals surface area contributed by atoms with Crippen LogP contribution in [-0.4, -0.2) is 41.6 Å². The molecule has 0 amide bonds. The fourth-order valence-electron chi connectivity index (χ4n) is 0.858. The highest BCUT2D eigenvalue weighted by molar-refractivity contribution is 7.90. The fourth-order valence-corrected chi connectivity index (χ4v) is 2.41. The van der Waals surface area contributed by atoms with Gasteiger partial charge < -0.3 is 0 Å². The molecule has 1 atom stereocenters. The van der Waals surface area contributed by atoms with Crippen LogP contribution >= 0.6 is 0 Å². The van der Waals surface area contributed by atoms with Gasteiger partial charge in [-0.2, -0.15) is 8.42 Å². The predicted octanol–water partition coefficient (Wildman–Crippen LogP) is -0.919. The van der Waals surface area contributed by atoms with Crippen LogP contribution in [0.1, 0.15) is 6.42 Å². The summed E-state index contributed by atoms with van der Waals surface area (Å²) in [5, 5.41) is 0. The summed E-state index contributed by atoms with van der Waals surface area (Å²) in [4.78, 5) is 0. The van der Waals surface area contributed by atoms with Gasteiger partial charge >= 0.3 is 10.4 Å². The first-order valence-electron chi connectivity index (χ1n) is 3.54. The summed E-state index contributed by atoms with van der Waals surface area (Å²) in [6, 6.07) is 0. The minimum Gasteiger partial charge on any atom is -0.245 e. The van der Waals surface area contributed by atoms with Crippen molar-refractivity contribution >= 4 is 20.2 Å². The number of hydrogen-bond acceptors (Lipinski definition) is 6. The maximum absolute atomic E-state index is 10.7. The lowest BCUT2D eigenvalue weighted by Crippen LogP contribution is -2.16. The Balaban J connectivity index is 2.42. The Bertz CT molecular complexity index is 366. The van der Waals surface area contributed by atoms with Crippen molar-refractivity contribution in [2.45, 2.75) is 12.5 Å². The molecule has 0 N–H and O–H groups in total. The van der Waals surface area contributed by atoms with Crippen molar-refractivity contribution in [2.24, 2.45) is 0 Å². The van der Waals surface area contributed by atoms with Crippen molar-refractivity contribution in [3.05, 3.63) is 0 Å². The van der Waals surface area contributed by atoms with Gasteiger partial charge in [0.05, 0.1) is 12.4 Å². The van der Waals surface area contributed by atoms with Crippen LogP contribution in [0.25, 0.3) is 0 Å². The molecular formula is C5H10O6S2. The lowest BCUT2D eigenvalue weighted by Gasteiger charge is -2.02. The van der Waals surface area contributed by atoms with Crippen LogP contribution in [0.4, 0.5) is 0 Å². The SMILES string of the molecule is CS(=O)(=O)CCC1COS(=O)(=O)O1. The topological polar surface area (TPSA) is 86.7 Å². The minimum atomic E-state index is -3.86. The van der Waals surface area contributed by atoms with Gasteiger partial charge in [0, 0.05) is 6.26 Å². The summed E-state index contributed by atoms with van der Waals surface area (Å²) in [7, 11) is -6.94. The van der Waals surface area contributed by atoms with Crippen LogP contribution in [-0.2, 0) is 28.6 Å². The zero-order chi connectivity index (χ0) is 10.1. The summed E-state index contributed by atoms with van der Waals surface area (Å²) < 4.78 is 51.3. The summed E-state index contributed by atoms with van der Waals surface area (Å²) in [5.41, 5.74) is 0. The molecule has 0 aromatic heterocycles. The molecule has 78 valence electrons. The lowest BCUT2D eigenvalue weighted by atomic mass is 10.3. The van der Waals surface area contributed by atoms with E-state index in [9.17, 15) is 16.8 Å². The predicted molar refractivity (Wildman–Crippen MR) is 44.1 cm³/mol. The molecule has 1 aliphatic heterocycles. The molecule has 0 aliphatic carbocycles. The standard InChI is InChI=1S/C5H10O6S2/c1-12(6,7)3-2-5-4-10-13(8,9)11-5/h5H,2-4H2,1H3. The number of sulfone groups is 1. The highest BCUT2D eigenvalue weighted by atomic mass is 32.3. The van der Waals surface area contributed by atoms with E-state index in [1.54, 1.807) is 0 Å². The third kappa shape index (κ3) is 4.03. The zero-order valence-electron chi connectivity index (χ0n) is 6.96. The molecule has 13 heavy (non-hydrogen) atoms. The maximum atomic E-state index is 10.7. The van der Waals surface area contributed by atoms with E-state index in [1.165, 1.54) is 0 Å². The van der Waals surface area contributed by atoms with Crippen molar-refractivity contribution in [1.82, 2.24) is 0 Å². The van der Waals surface area contributed by atoms with E-state index < -0.39 is 26.3 Å². The Morgan fingerprint density at radius 2 is 2.08 bits per heavy atom. The van der Waals surface area contributed by atoms with Crippen molar-refractivity contribution < 1.29 is 25.2 Å². The zero-order valence-corrected chi connectivity index (χ0v) is 8.60. The van der Waals surface area contributed by atoms with E-state index in [0.29, 0.717) is 0 Å². The fraction of sp³-hybridized carbons (Fsp3) is 1.00. The van der Waals surface area contributed by atoms with E-state index in [1.807, 2.05) is 0 Å². The molecule has 1 aliphatic rings. The quantitative estimate of drug-likeness (QED) is 0.623.